The van der Waals surface area contributed by atoms with Crippen LogP contribution in [0.1, 0.15) is 32.8 Å². The molecule has 21 heavy (non-hydrogen) atoms. The van der Waals surface area contributed by atoms with Gasteiger partial charge in [0.2, 0.25) is 0 Å². The molecule has 0 aromatic heterocycles. The Balaban J connectivity index is 1.97. The molecule has 1 aliphatic rings. The number of amides is 2. The second kappa shape index (κ2) is 5.37. The molecule has 6 nitrogen and oxygen atoms in total. The van der Waals surface area contributed by atoms with Gasteiger partial charge >= 0.3 is 6.09 Å². The fourth-order valence-electron chi connectivity index (χ4n) is 2.21. The summed E-state index contributed by atoms with van der Waals surface area (Å²) in [4.78, 5) is 23.5. The zero-order valence-electron chi connectivity index (χ0n) is 12.4. The number of ether oxygens (including phenoxy) is 1. The van der Waals surface area contributed by atoms with Crippen molar-refractivity contribution in [1.29, 1.82) is 0 Å². The lowest BCUT2D eigenvalue weighted by atomic mass is 9.92. The highest BCUT2D eigenvalue weighted by Gasteiger charge is 2.44. The second-order valence-electron chi connectivity index (χ2n) is 6.04. The van der Waals surface area contributed by atoms with E-state index in [1.165, 1.54) is 0 Å². The average molecular weight is 292 g/mol. The highest BCUT2D eigenvalue weighted by atomic mass is 16.6. The Morgan fingerprint density at radius 2 is 2.05 bits per heavy atom. The zero-order chi connectivity index (χ0) is 15.7. The van der Waals surface area contributed by atoms with E-state index in [9.17, 15) is 14.7 Å². The molecule has 1 aromatic carbocycles. The van der Waals surface area contributed by atoms with Crippen molar-refractivity contribution in [2.75, 3.05) is 11.9 Å². The molecule has 0 radical (unpaired) electrons. The number of carbonyl (C=O) groups is 2. The fraction of sp³-hybridized carbons (Fsp3) is 0.467. The minimum atomic E-state index is -1.62. The minimum Gasteiger partial charge on any atom is -0.444 e. The first kappa shape index (κ1) is 15.3. The van der Waals surface area contributed by atoms with E-state index in [0.717, 1.165) is 0 Å². The third kappa shape index (κ3) is 3.33. The highest BCUT2D eigenvalue weighted by molar-refractivity contribution is 6.04. The number of hydrogen-bond donors (Lipinski definition) is 3. The van der Waals surface area contributed by atoms with Crippen molar-refractivity contribution in [3.05, 3.63) is 29.8 Å². The van der Waals surface area contributed by atoms with Crippen LogP contribution in [0, 0.1) is 0 Å². The van der Waals surface area contributed by atoms with Crippen LogP contribution in [0.5, 0.6) is 0 Å². The lowest BCUT2D eigenvalue weighted by Crippen LogP contribution is -2.39. The maximum absolute atomic E-state index is 12.0. The Bertz CT molecular complexity index is 565. The summed E-state index contributed by atoms with van der Waals surface area (Å²) in [6.45, 7) is 5.43. The normalized spacial score (nSPS) is 20.7. The number of fused-ring (bicyclic) bond motifs is 1. The SMILES string of the molecule is CC(C)(C)OC(=O)NCCC1(O)C(=O)Nc2ccccc21. The van der Waals surface area contributed by atoms with Gasteiger partial charge in [0.05, 0.1) is 0 Å². The molecule has 114 valence electrons. The Kier molecular flexibility index (Phi) is 3.91. The molecule has 0 aliphatic carbocycles. The molecule has 2 amide bonds. The summed E-state index contributed by atoms with van der Waals surface area (Å²) in [6.07, 6.45) is -0.493. The van der Waals surface area contributed by atoms with Gasteiger partial charge in [-0.2, -0.15) is 0 Å². The van der Waals surface area contributed by atoms with Gasteiger partial charge in [0, 0.05) is 24.2 Å². The number of anilines is 1. The molecule has 0 saturated heterocycles. The van der Waals surface area contributed by atoms with Crippen molar-refractivity contribution >= 4 is 17.7 Å². The molecule has 3 N–H and O–H groups in total. The first-order valence-corrected chi connectivity index (χ1v) is 6.82. The summed E-state index contributed by atoms with van der Waals surface area (Å²) in [5.74, 6) is -0.477. The fourth-order valence-corrected chi connectivity index (χ4v) is 2.21. The van der Waals surface area contributed by atoms with Gasteiger partial charge in [-0.15, -0.1) is 0 Å². The predicted molar refractivity (Wildman–Crippen MR) is 77.8 cm³/mol. The number of aliphatic hydroxyl groups is 1. The van der Waals surface area contributed by atoms with Crippen LogP contribution in [-0.4, -0.2) is 29.3 Å². The van der Waals surface area contributed by atoms with E-state index in [-0.39, 0.29) is 13.0 Å². The predicted octanol–water partition coefficient (Wildman–Crippen LogP) is 1.74. The number of benzene rings is 1. The molecular formula is C15H20N2O4. The van der Waals surface area contributed by atoms with E-state index < -0.39 is 23.2 Å². The zero-order valence-corrected chi connectivity index (χ0v) is 12.4. The lowest BCUT2D eigenvalue weighted by Gasteiger charge is -2.22. The summed E-state index contributed by atoms with van der Waals surface area (Å²) in [7, 11) is 0. The topological polar surface area (TPSA) is 87.7 Å². The number of alkyl carbamates (subject to hydrolysis) is 1. The molecule has 0 spiro atoms. The van der Waals surface area contributed by atoms with Crippen LogP contribution in [0.2, 0.25) is 0 Å². The van der Waals surface area contributed by atoms with Crippen LogP contribution in [-0.2, 0) is 15.1 Å². The van der Waals surface area contributed by atoms with Crippen LogP contribution in [0.4, 0.5) is 10.5 Å². The van der Waals surface area contributed by atoms with E-state index in [1.54, 1.807) is 45.0 Å². The van der Waals surface area contributed by atoms with E-state index in [0.29, 0.717) is 11.3 Å². The number of nitrogens with one attached hydrogen (secondary N) is 2. The van der Waals surface area contributed by atoms with E-state index in [4.69, 9.17) is 4.74 Å². The van der Waals surface area contributed by atoms with Gasteiger partial charge in [0.1, 0.15) is 5.60 Å². The van der Waals surface area contributed by atoms with Crippen LogP contribution in [0.3, 0.4) is 0 Å². The monoisotopic (exact) mass is 292 g/mol. The number of carbonyl (C=O) groups excluding carboxylic acids is 2. The quantitative estimate of drug-likeness (QED) is 0.792. The third-order valence-corrected chi connectivity index (χ3v) is 3.15. The van der Waals surface area contributed by atoms with E-state index in [1.807, 2.05) is 0 Å². The van der Waals surface area contributed by atoms with Crippen LogP contribution >= 0.6 is 0 Å². The molecule has 1 heterocycles. The van der Waals surface area contributed by atoms with Crippen molar-refractivity contribution in [1.82, 2.24) is 5.32 Å². The van der Waals surface area contributed by atoms with Crippen molar-refractivity contribution in [2.24, 2.45) is 0 Å². The van der Waals surface area contributed by atoms with Crippen molar-refractivity contribution in [2.45, 2.75) is 38.4 Å². The minimum absolute atomic E-state index is 0.0785. The number of hydrogen-bond acceptors (Lipinski definition) is 4. The molecule has 0 bridgehead atoms. The smallest absolute Gasteiger partial charge is 0.407 e. The Hall–Kier alpha value is -2.08. The van der Waals surface area contributed by atoms with Gasteiger partial charge < -0.3 is 20.5 Å². The second-order valence-corrected chi connectivity index (χ2v) is 6.04. The average Bonchev–Trinajstić information content (AvgIpc) is 2.60. The van der Waals surface area contributed by atoms with Crippen LogP contribution < -0.4 is 10.6 Å². The first-order valence-electron chi connectivity index (χ1n) is 6.82. The summed E-state index contributed by atoms with van der Waals surface area (Å²) < 4.78 is 5.10. The Morgan fingerprint density at radius 1 is 1.38 bits per heavy atom. The lowest BCUT2D eigenvalue weighted by molar-refractivity contribution is -0.134. The highest BCUT2D eigenvalue weighted by Crippen LogP contribution is 2.37. The standard InChI is InChI=1S/C15H20N2O4/c1-14(2,3)21-13(19)16-9-8-15(20)10-6-4-5-7-11(10)17-12(15)18/h4-7,20H,8-9H2,1-3H3,(H,16,19)(H,17,18). The van der Waals surface area contributed by atoms with Crippen LogP contribution in [0.15, 0.2) is 24.3 Å². The molecule has 1 unspecified atom stereocenters. The maximum atomic E-state index is 12.0. The summed E-state index contributed by atoms with van der Waals surface area (Å²) in [5, 5.41) is 15.7. The number of rotatable bonds is 3. The summed E-state index contributed by atoms with van der Waals surface area (Å²) in [5.41, 5.74) is -1.08. The van der Waals surface area contributed by atoms with E-state index >= 15 is 0 Å². The van der Waals surface area contributed by atoms with E-state index in [2.05, 4.69) is 10.6 Å². The number of para-hydroxylation sites is 1. The van der Waals surface area contributed by atoms with Crippen molar-refractivity contribution in [3.63, 3.8) is 0 Å². The first-order chi connectivity index (χ1) is 9.72. The largest absolute Gasteiger partial charge is 0.444 e. The van der Waals surface area contributed by atoms with Gasteiger partial charge in [-0.25, -0.2) is 4.79 Å². The molecular weight excluding hydrogens is 272 g/mol. The molecule has 1 atom stereocenters. The summed E-state index contributed by atoms with van der Waals surface area (Å²) in [6, 6.07) is 6.96. The molecule has 0 saturated carbocycles. The third-order valence-electron chi connectivity index (χ3n) is 3.15. The molecule has 1 aliphatic heterocycles. The van der Waals surface area contributed by atoms with Gasteiger partial charge in [-0.05, 0) is 26.8 Å². The molecule has 2 rings (SSSR count). The van der Waals surface area contributed by atoms with Gasteiger partial charge in [0.15, 0.2) is 5.60 Å². The molecule has 6 heteroatoms. The van der Waals surface area contributed by atoms with Gasteiger partial charge in [0.25, 0.3) is 5.91 Å². The summed E-state index contributed by atoms with van der Waals surface area (Å²) >= 11 is 0. The van der Waals surface area contributed by atoms with Gasteiger partial charge in [-0.1, -0.05) is 18.2 Å². The van der Waals surface area contributed by atoms with Crippen LogP contribution in [0.25, 0.3) is 0 Å². The van der Waals surface area contributed by atoms with Crippen molar-refractivity contribution < 1.29 is 19.4 Å². The Labute approximate surface area is 123 Å². The van der Waals surface area contributed by atoms with Gasteiger partial charge in [-0.3, -0.25) is 4.79 Å². The maximum Gasteiger partial charge on any atom is 0.407 e. The van der Waals surface area contributed by atoms with Crippen molar-refractivity contribution in [3.8, 4) is 0 Å². The Morgan fingerprint density at radius 3 is 2.71 bits per heavy atom. The molecule has 1 aromatic rings. The molecule has 0 fully saturated rings.